The van der Waals surface area contributed by atoms with Crippen molar-refractivity contribution >= 4 is 29.2 Å². The number of hydrogen-bond donors (Lipinski definition) is 1. The summed E-state index contributed by atoms with van der Waals surface area (Å²) in [6.07, 6.45) is 6.12. The Kier molecular flexibility index (Phi) is 7.77. The Balaban J connectivity index is 1.33. The van der Waals surface area contributed by atoms with E-state index in [1.165, 1.54) is 11.3 Å². The van der Waals surface area contributed by atoms with Gasteiger partial charge in [-0.25, -0.2) is 9.78 Å². The summed E-state index contributed by atoms with van der Waals surface area (Å²) in [4.78, 5) is 50.9. The number of amides is 3. The lowest BCUT2D eigenvalue weighted by molar-refractivity contribution is -0.127. The Morgan fingerprint density at radius 3 is 2.68 bits per heavy atom. The Bertz CT molecular complexity index is 1020. The maximum atomic E-state index is 13.3. The molecular weight excluding hydrogens is 454 g/mol. The van der Waals surface area contributed by atoms with Crippen molar-refractivity contribution in [2.75, 3.05) is 32.8 Å². The Morgan fingerprint density at radius 2 is 1.97 bits per heavy atom. The molecule has 1 atom stereocenters. The normalized spacial score (nSPS) is 19.1. The average Bonchev–Trinajstić information content (AvgIpc) is 3.26. The summed E-state index contributed by atoms with van der Waals surface area (Å²) in [5.74, 6) is -0.304. The van der Waals surface area contributed by atoms with E-state index in [0.717, 1.165) is 23.4 Å². The van der Waals surface area contributed by atoms with Crippen LogP contribution in [0.3, 0.4) is 0 Å². The molecule has 10 heteroatoms. The lowest BCUT2D eigenvalue weighted by Gasteiger charge is -2.35. The van der Waals surface area contributed by atoms with Crippen molar-refractivity contribution in [1.29, 1.82) is 0 Å². The summed E-state index contributed by atoms with van der Waals surface area (Å²) in [5.41, 5.74) is 1.59. The van der Waals surface area contributed by atoms with Crippen LogP contribution in [0.4, 0.5) is 4.79 Å². The van der Waals surface area contributed by atoms with Gasteiger partial charge in [-0.1, -0.05) is 0 Å². The van der Waals surface area contributed by atoms with Crippen molar-refractivity contribution in [3.8, 4) is 10.6 Å². The van der Waals surface area contributed by atoms with Crippen LogP contribution in [-0.2, 0) is 9.53 Å². The van der Waals surface area contributed by atoms with Crippen LogP contribution in [0.25, 0.3) is 10.6 Å². The highest BCUT2D eigenvalue weighted by molar-refractivity contribution is 7.17. The molecule has 2 aliphatic rings. The molecule has 2 fully saturated rings. The minimum Gasteiger partial charge on any atom is -0.450 e. The number of pyridine rings is 1. The van der Waals surface area contributed by atoms with E-state index in [4.69, 9.17) is 4.74 Å². The zero-order valence-corrected chi connectivity index (χ0v) is 20.5. The van der Waals surface area contributed by atoms with E-state index in [2.05, 4.69) is 15.3 Å². The smallest absolute Gasteiger partial charge is 0.409 e. The largest absolute Gasteiger partial charge is 0.450 e. The lowest BCUT2D eigenvalue weighted by Crippen LogP contribution is -2.50. The number of nitrogens with zero attached hydrogens (tertiary/aromatic N) is 4. The molecule has 34 heavy (non-hydrogen) atoms. The quantitative estimate of drug-likeness (QED) is 0.698. The summed E-state index contributed by atoms with van der Waals surface area (Å²) in [7, 11) is 0. The minimum absolute atomic E-state index is 0.0100. The third kappa shape index (κ3) is 5.55. The first-order valence-electron chi connectivity index (χ1n) is 11.9. The van der Waals surface area contributed by atoms with Gasteiger partial charge < -0.3 is 19.9 Å². The molecule has 2 aromatic rings. The van der Waals surface area contributed by atoms with Gasteiger partial charge in [-0.2, -0.15) is 0 Å². The second kappa shape index (κ2) is 10.9. The number of ether oxygens (including phenoxy) is 1. The van der Waals surface area contributed by atoms with E-state index in [9.17, 15) is 14.4 Å². The van der Waals surface area contributed by atoms with E-state index in [1.54, 1.807) is 29.1 Å². The molecule has 0 aliphatic carbocycles. The maximum Gasteiger partial charge on any atom is 0.409 e. The average molecular weight is 486 g/mol. The molecule has 4 heterocycles. The van der Waals surface area contributed by atoms with Crippen LogP contribution < -0.4 is 5.32 Å². The van der Waals surface area contributed by atoms with Gasteiger partial charge in [0, 0.05) is 50.2 Å². The summed E-state index contributed by atoms with van der Waals surface area (Å²) in [5, 5.41) is 3.92. The summed E-state index contributed by atoms with van der Waals surface area (Å²) >= 11 is 1.37. The number of carbonyl (C=O) groups excluding carboxylic acids is 3. The number of thiazole rings is 1. The highest BCUT2D eigenvalue weighted by atomic mass is 32.1. The second-order valence-electron chi connectivity index (χ2n) is 8.73. The highest BCUT2D eigenvalue weighted by Gasteiger charge is 2.32. The van der Waals surface area contributed by atoms with Crippen molar-refractivity contribution in [1.82, 2.24) is 25.1 Å². The van der Waals surface area contributed by atoms with Crippen molar-refractivity contribution < 1.29 is 19.1 Å². The third-order valence-corrected chi connectivity index (χ3v) is 7.54. The zero-order chi connectivity index (χ0) is 24.1. The third-order valence-electron chi connectivity index (χ3n) is 6.35. The number of aromatic nitrogens is 2. The molecule has 2 aromatic heterocycles. The number of rotatable bonds is 5. The fourth-order valence-electron chi connectivity index (χ4n) is 4.47. The molecule has 0 spiro atoms. The summed E-state index contributed by atoms with van der Waals surface area (Å²) in [6, 6.07) is 3.81. The van der Waals surface area contributed by atoms with Gasteiger partial charge >= 0.3 is 6.09 Å². The molecule has 0 aromatic carbocycles. The van der Waals surface area contributed by atoms with E-state index in [-0.39, 0.29) is 29.9 Å². The van der Waals surface area contributed by atoms with Gasteiger partial charge in [0.1, 0.15) is 9.88 Å². The van der Waals surface area contributed by atoms with Gasteiger partial charge in [0.15, 0.2) is 0 Å². The second-order valence-corrected chi connectivity index (χ2v) is 9.73. The number of carbonyl (C=O) groups is 3. The highest BCUT2D eigenvalue weighted by Crippen LogP contribution is 2.29. The molecule has 0 saturated carbocycles. The van der Waals surface area contributed by atoms with Crippen molar-refractivity contribution in [2.24, 2.45) is 5.92 Å². The van der Waals surface area contributed by atoms with Crippen molar-refractivity contribution in [2.45, 2.75) is 45.6 Å². The van der Waals surface area contributed by atoms with Gasteiger partial charge in [-0.05, 0) is 51.7 Å². The molecule has 2 saturated heterocycles. The first-order chi connectivity index (χ1) is 16.5. The van der Waals surface area contributed by atoms with Crippen LogP contribution in [0.5, 0.6) is 0 Å². The van der Waals surface area contributed by atoms with Gasteiger partial charge in [0.2, 0.25) is 5.91 Å². The van der Waals surface area contributed by atoms with Gasteiger partial charge in [0.05, 0.1) is 18.2 Å². The zero-order valence-electron chi connectivity index (χ0n) is 19.7. The molecule has 0 radical (unpaired) electrons. The van der Waals surface area contributed by atoms with Crippen LogP contribution in [0.15, 0.2) is 24.5 Å². The van der Waals surface area contributed by atoms with Crippen LogP contribution in [0, 0.1) is 12.8 Å². The SMILES string of the molecule is CCOC(=O)N1CCC(NC(=O)C2CCCN(C(=O)c3sc(-c4cccnc4)nc3C)C2)CC1. The predicted octanol–water partition coefficient (Wildman–Crippen LogP) is 3.10. The minimum atomic E-state index is -0.293. The fraction of sp³-hybridized carbons (Fsp3) is 0.542. The number of hydrogen-bond acceptors (Lipinski definition) is 7. The summed E-state index contributed by atoms with van der Waals surface area (Å²) < 4.78 is 5.05. The van der Waals surface area contributed by atoms with Gasteiger partial charge in [-0.3, -0.25) is 14.6 Å². The number of likely N-dealkylation sites (tertiary alicyclic amines) is 2. The first-order valence-corrected chi connectivity index (χ1v) is 12.7. The van der Waals surface area contributed by atoms with E-state index >= 15 is 0 Å². The molecule has 1 N–H and O–H groups in total. The number of nitrogens with one attached hydrogen (secondary N) is 1. The summed E-state index contributed by atoms with van der Waals surface area (Å²) in [6.45, 7) is 6.19. The molecule has 9 nitrogen and oxygen atoms in total. The van der Waals surface area contributed by atoms with Crippen molar-refractivity contribution in [3.05, 3.63) is 35.1 Å². The molecule has 2 aliphatic heterocycles. The lowest BCUT2D eigenvalue weighted by atomic mass is 9.95. The molecular formula is C24H31N5O4S. The van der Waals surface area contributed by atoms with E-state index in [0.29, 0.717) is 56.2 Å². The number of piperidine rings is 2. The number of aryl methyl sites for hydroxylation is 1. The van der Waals surface area contributed by atoms with E-state index < -0.39 is 0 Å². The van der Waals surface area contributed by atoms with Crippen LogP contribution in [0.1, 0.15) is 48.0 Å². The first kappa shape index (κ1) is 24.1. The van der Waals surface area contributed by atoms with Crippen LogP contribution >= 0.6 is 11.3 Å². The molecule has 1 unspecified atom stereocenters. The van der Waals surface area contributed by atoms with Crippen LogP contribution in [0.2, 0.25) is 0 Å². The standard InChI is InChI=1S/C24H31N5O4S/c1-3-33-24(32)28-12-8-19(9-13-28)27-21(30)18-7-5-11-29(15-18)23(31)20-16(2)26-22(34-20)17-6-4-10-25-14-17/h4,6,10,14,18-19H,3,5,7-9,11-13,15H2,1-2H3,(H,27,30). The molecule has 4 rings (SSSR count). The fourth-order valence-corrected chi connectivity index (χ4v) is 5.49. The van der Waals surface area contributed by atoms with E-state index in [1.807, 2.05) is 19.1 Å². The molecule has 0 bridgehead atoms. The Labute approximate surface area is 203 Å². The van der Waals surface area contributed by atoms with Crippen LogP contribution in [-0.4, -0.2) is 76.5 Å². The Hall–Kier alpha value is -3.01. The Morgan fingerprint density at radius 1 is 1.18 bits per heavy atom. The maximum absolute atomic E-state index is 13.3. The molecule has 182 valence electrons. The van der Waals surface area contributed by atoms with Gasteiger partial charge in [0.25, 0.3) is 5.91 Å². The predicted molar refractivity (Wildman–Crippen MR) is 128 cm³/mol. The monoisotopic (exact) mass is 485 g/mol. The molecule has 3 amide bonds. The topological polar surface area (TPSA) is 105 Å². The van der Waals surface area contributed by atoms with Gasteiger partial charge in [-0.15, -0.1) is 11.3 Å². The van der Waals surface area contributed by atoms with Crippen molar-refractivity contribution in [3.63, 3.8) is 0 Å².